The molecule has 1 N–H and O–H groups in total. The van der Waals surface area contributed by atoms with Gasteiger partial charge in [-0.2, -0.15) is 0 Å². The van der Waals surface area contributed by atoms with Crippen LogP contribution in [0, 0.1) is 5.82 Å². The normalized spacial score (nSPS) is 10.5. The highest BCUT2D eigenvalue weighted by molar-refractivity contribution is 5.17. The monoisotopic (exact) mass is 208 g/mol. The van der Waals surface area contributed by atoms with Gasteiger partial charge in [-0.05, 0) is 18.1 Å². The summed E-state index contributed by atoms with van der Waals surface area (Å²) in [5.74, 6) is -0.544. The van der Waals surface area contributed by atoms with Gasteiger partial charge < -0.3 is 4.42 Å². The lowest BCUT2D eigenvalue weighted by molar-refractivity contribution is 0.459. The molecule has 78 valence electrons. The smallest absolute Gasteiger partial charge is 0.392 e. The van der Waals surface area contributed by atoms with Crippen molar-refractivity contribution in [3.05, 3.63) is 52.1 Å². The maximum Gasteiger partial charge on any atom is 0.434 e. The van der Waals surface area contributed by atoms with Gasteiger partial charge >= 0.3 is 5.76 Å². The van der Waals surface area contributed by atoms with Crippen molar-refractivity contribution in [2.75, 3.05) is 0 Å². The Bertz CT molecular complexity index is 504. The topological polar surface area (TPSA) is 58.9 Å². The van der Waals surface area contributed by atoms with Crippen LogP contribution < -0.4 is 5.76 Å². The van der Waals surface area contributed by atoms with E-state index in [1.165, 1.54) is 6.07 Å². The van der Waals surface area contributed by atoms with Crippen LogP contribution in [0.25, 0.3) is 0 Å². The number of hydrogen-bond acceptors (Lipinski definition) is 3. The second kappa shape index (κ2) is 4.08. The third-order valence-electron chi connectivity index (χ3n) is 2.05. The van der Waals surface area contributed by atoms with Crippen molar-refractivity contribution in [3.8, 4) is 0 Å². The third-order valence-corrected chi connectivity index (χ3v) is 2.05. The van der Waals surface area contributed by atoms with E-state index in [9.17, 15) is 9.18 Å². The average molecular weight is 208 g/mol. The number of aromatic amines is 1. The summed E-state index contributed by atoms with van der Waals surface area (Å²) in [6, 6.07) is 6.49. The lowest BCUT2D eigenvalue weighted by Gasteiger charge is -1.99. The lowest BCUT2D eigenvalue weighted by atomic mass is 10.1. The molecule has 0 unspecified atom stereocenters. The molecule has 0 radical (unpaired) electrons. The first kappa shape index (κ1) is 9.64. The van der Waals surface area contributed by atoms with Crippen LogP contribution in [0.2, 0.25) is 0 Å². The second-order valence-corrected chi connectivity index (χ2v) is 3.10. The van der Waals surface area contributed by atoms with E-state index in [1.807, 2.05) is 0 Å². The number of benzene rings is 1. The van der Waals surface area contributed by atoms with Crippen molar-refractivity contribution < 1.29 is 8.81 Å². The Labute approximate surface area is 84.7 Å². The Morgan fingerprint density at radius 2 is 2.13 bits per heavy atom. The number of aromatic nitrogens is 2. The standard InChI is InChI=1S/C10H9FN2O2/c11-8-4-2-1-3-7(8)5-6-9-12-13-10(14)15-9/h1-4H,5-6H2,(H,13,14). The summed E-state index contributed by atoms with van der Waals surface area (Å²) in [5, 5.41) is 5.79. The van der Waals surface area contributed by atoms with E-state index >= 15 is 0 Å². The van der Waals surface area contributed by atoms with Crippen LogP contribution in [0.3, 0.4) is 0 Å². The molecular formula is C10H9FN2O2. The van der Waals surface area contributed by atoms with Gasteiger partial charge in [-0.25, -0.2) is 14.3 Å². The Morgan fingerprint density at radius 1 is 1.33 bits per heavy atom. The van der Waals surface area contributed by atoms with Gasteiger partial charge in [-0.3, -0.25) is 0 Å². The van der Waals surface area contributed by atoms with Crippen LogP contribution >= 0.6 is 0 Å². The van der Waals surface area contributed by atoms with Crippen LogP contribution in [0.5, 0.6) is 0 Å². The average Bonchev–Trinajstić information content (AvgIpc) is 2.63. The SMILES string of the molecule is O=c1[nH]nc(CCc2ccccc2F)o1. The Balaban J connectivity index is 2.05. The summed E-state index contributed by atoms with van der Waals surface area (Å²) in [5.41, 5.74) is 0.586. The maximum atomic E-state index is 13.2. The van der Waals surface area contributed by atoms with Gasteiger partial charge in [0, 0.05) is 6.42 Å². The third kappa shape index (κ3) is 2.31. The molecule has 4 nitrogen and oxygen atoms in total. The molecule has 0 saturated carbocycles. The molecule has 0 spiro atoms. The van der Waals surface area contributed by atoms with Crippen molar-refractivity contribution in [3.63, 3.8) is 0 Å². The minimum Gasteiger partial charge on any atom is -0.392 e. The van der Waals surface area contributed by atoms with Gasteiger partial charge in [0.05, 0.1) is 0 Å². The molecule has 0 amide bonds. The first-order valence-electron chi connectivity index (χ1n) is 4.53. The molecule has 0 saturated heterocycles. The predicted molar refractivity (Wildman–Crippen MR) is 50.9 cm³/mol. The zero-order valence-electron chi connectivity index (χ0n) is 7.87. The fourth-order valence-corrected chi connectivity index (χ4v) is 1.31. The Morgan fingerprint density at radius 3 is 2.80 bits per heavy atom. The number of aryl methyl sites for hydroxylation is 2. The number of hydrogen-bond donors (Lipinski definition) is 1. The fraction of sp³-hybridized carbons (Fsp3) is 0.200. The van der Waals surface area contributed by atoms with Gasteiger partial charge in [0.1, 0.15) is 5.82 Å². The minimum atomic E-state index is -0.585. The molecule has 0 aliphatic rings. The molecule has 15 heavy (non-hydrogen) atoms. The largest absolute Gasteiger partial charge is 0.434 e. The fourth-order valence-electron chi connectivity index (χ4n) is 1.31. The number of H-pyrrole nitrogens is 1. The minimum absolute atomic E-state index is 0.254. The zero-order valence-corrected chi connectivity index (χ0v) is 7.87. The molecule has 1 aromatic carbocycles. The number of nitrogens with one attached hydrogen (secondary N) is 1. The van der Waals surface area contributed by atoms with Crippen LogP contribution in [0.1, 0.15) is 11.5 Å². The molecule has 2 rings (SSSR count). The van der Waals surface area contributed by atoms with E-state index in [-0.39, 0.29) is 5.82 Å². The zero-order chi connectivity index (χ0) is 10.7. The van der Waals surface area contributed by atoms with Crippen molar-refractivity contribution in [2.45, 2.75) is 12.8 Å². The Kier molecular flexibility index (Phi) is 2.62. The molecule has 1 heterocycles. The molecule has 5 heteroatoms. The summed E-state index contributed by atoms with van der Waals surface area (Å²) in [4.78, 5) is 10.6. The highest BCUT2D eigenvalue weighted by Gasteiger charge is 2.04. The predicted octanol–water partition coefficient (Wildman–Crippen LogP) is 1.29. The van der Waals surface area contributed by atoms with Gasteiger partial charge in [0.15, 0.2) is 0 Å². The number of rotatable bonds is 3. The van der Waals surface area contributed by atoms with Crippen molar-refractivity contribution in [1.82, 2.24) is 10.2 Å². The first-order chi connectivity index (χ1) is 7.25. The van der Waals surface area contributed by atoms with E-state index in [0.717, 1.165) is 0 Å². The summed E-state index contributed by atoms with van der Waals surface area (Å²) >= 11 is 0. The lowest BCUT2D eigenvalue weighted by Crippen LogP contribution is -1.95. The number of halogens is 1. The van der Waals surface area contributed by atoms with E-state index in [1.54, 1.807) is 18.2 Å². The van der Waals surface area contributed by atoms with Crippen LogP contribution in [-0.4, -0.2) is 10.2 Å². The molecule has 1 aromatic heterocycles. The molecule has 0 atom stereocenters. The Hall–Kier alpha value is -1.91. The highest BCUT2D eigenvalue weighted by Crippen LogP contribution is 2.08. The maximum absolute atomic E-state index is 13.2. The van der Waals surface area contributed by atoms with E-state index in [4.69, 9.17) is 4.42 Å². The van der Waals surface area contributed by atoms with E-state index in [0.29, 0.717) is 24.3 Å². The second-order valence-electron chi connectivity index (χ2n) is 3.10. The van der Waals surface area contributed by atoms with Gasteiger partial charge in [-0.1, -0.05) is 18.2 Å². The van der Waals surface area contributed by atoms with E-state index < -0.39 is 5.76 Å². The first-order valence-corrected chi connectivity index (χ1v) is 4.53. The molecular weight excluding hydrogens is 199 g/mol. The summed E-state index contributed by atoms with van der Waals surface area (Å²) < 4.78 is 17.9. The summed E-state index contributed by atoms with van der Waals surface area (Å²) in [7, 11) is 0. The molecule has 0 aliphatic heterocycles. The van der Waals surface area contributed by atoms with Gasteiger partial charge in [-0.15, -0.1) is 5.10 Å². The summed E-state index contributed by atoms with van der Waals surface area (Å²) in [6.07, 6.45) is 0.861. The van der Waals surface area contributed by atoms with Crippen molar-refractivity contribution in [2.24, 2.45) is 0 Å². The quantitative estimate of drug-likeness (QED) is 0.826. The van der Waals surface area contributed by atoms with Crippen molar-refractivity contribution >= 4 is 0 Å². The van der Waals surface area contributed by atoms with Crippen LogP contribution in [0.4, 0.5) is 4.39 Å². The summed E-state index contributed by atoms with van der Waals surface area (Å²) in [6.45, 7) is 0. The molecule has 0 aliphatic carbocycles. The van der Waals surface area contributed by atoms with Gasteiger partial charge in [0.25, 0.3) is 0 Å². The van der Waals surface area contributed by atoms with Gasteiger partial charge in [0.2, 0.25) is 5.89 Å². The molecule has 2 aromatic rings. The highest BCUT2D eigenvalue weighted by atomic mass is 19.1. The van der Waals surface area contributed by atoms with Crippen molar-refractivity contribution in [1.29, 1.82) is 0 Å². The van der Waals surface area contributed by atoms with Crippen LogP contribution in [0.15, 0.2) is 33.5 Å². The van der Waals surface area contributed by atoms with E-state index in [2.05, 4.69) is 10.2 Å². The molecule has 0 bridgehead atoms. The molecule has 0 fully saturated rings. The van der Waals surface area contributed by atoms with Crippen LogP contribution in [-0.2, 0) is 12.8 Å². The number of nitrogens with zero attached hydrogens (tertiary/aromatic N) is 1.